The first-order valence-electron chi connectivity index (χ1n) is 11.4. The Morgan fingerprint density at radius 3 is 2.14 bits per heavy atom. The topological polar surface area (TPSA) is 70.4 Å². The van der Waals surface area contributed by atoms with Gasteiger partial charge in [-0.25, -0.2) is 4.99 Å². The molecule has 3 fully saturated rings. The molecule has 1 saturated heterocycles. The zero-order valence-corrected chi connectivity index (χ0v) is 17.7. The van der Waals surface area contributed by atoms with Crippen LogP contribution in [0.3, 0.4) is 0 Å². The molecule has 0 amide bonds. The van der Waals surface area contributed by atoms with Gasteiger partial charge in [0.15, 0.2) is 11.8 Å². The highest BCUT2D eigenvalue weighted by atomic mass is 15.3. The van der Waals surface area contributed by atoms with Gasteiger partial charge in [-0.3, -0.25) is 0 Å². The highest BCUT2D eigenvalue weighted by Crippen LogP contribution is 2.26. The third-order valence-corrected chi connectivity index (χ3v) is 6.97. The van der Waals surface area contributed by atoms with Crippen LogP contribution in [0.15, 0.2) is 4.99 Å². The van der Waals surface area contributed by atoms with E-state index in [2.05, 4.69) is 25.7 Å². The summed E-state index contributed by atoms with van der Waals surface area (Å²) in [7, 11) is 2.01. The predicted octanol–water partition coefficient (Wildman–Crippen LogP) is 2.51. The molecule has 0 bridgehead atoms. The van der Waals surface area contributed by atoms with Crippen LogP contribution in [0.1, 0.15) is 75.9 Å². The van der Waals surface area contributed by atoms with Crippen molar-refractivity contribution in [1.82, 2.24) is 30.3 Å². The van der Waals surface area contributed by atoms with Gasteiger partial charge in [0.05, 0.1) is 0 Å². The molecule has 2 aliphatic carbocycles. The standard InChI is InChI=1S/C21H37N7/c1-16-25-26-20(27(16)2)15-22-21(23-17-7-3-4-8-17)24-18-11-13-28(14-12-18)19-9-5-6-10-19/h17-19H,3-15H2,1-2H3,(H2,22,23,24). The van der Waals surface area contributed by atoms with Crippen LogP contribution >= 0.6 is 0 Å². The van der Waals surface area contributed by atoms with Crippen molar-refractivity contribution < 1.29 is 0 Å². The summed E-state index contributed by atoms with van der Waals surface area (Å²) >= 11 is 0. The van der Waals surface area contributed by atoms with Gasteiger partial charge >= 0.3 is 0 Å². The summed E-state index contributed by atoms with van der Waals surface area (Å²) in [6, 6.07) is 1.93. The van der Waals surface area contributed by atoms with Crippen LogP contribution in [0, 0.1) is 6.92 Å². The summed E-state index contributed by atoms with van der Waals surface area (Å²) in [5, 5.41) is 15.9. The molecule has 0 aromatic carbocycles. The van der Waals surface area contributed by atoms with Crippen molar-refractivity contribution in [3.8, 4) is 0 Å². The van der Waals surface area contributed by atoms with Gasteiger partial charge < -0.3 is 20.1 Å². The number of aryl methyl sites for hydroxylation is 1. The molecule has 156 valence electrons. The van der Waals surface area contributed by atoms with Gasteiger partial charge in [-0.2, -0.15) is 0 Å². The molecule has 28 heavy (non-hydrogen) atoms. The molecular formula is C21H37N7. The molecule has 1 aliphatic heterocycles. The lowest BCUT2D eigenvalue weighted by Crippen LogP contribution is -2.51. The molecule has 2 saturated carbocycles. The van der Waals surface area contributed by atoms with Gasteiger partial charge in [-0.15, -0.1) is 10.2 Å². The second kappa shape index (κ2) is 9.25. The quantitative estimate of drug-likeness (QED) is 0.600. The van der Waals surface area contributed by atoms with Crippen molar-refractivity contribution >= 4 is 5.96 Å². The molecule has 0 unspecified atom stereocenters. The van der Waals surface area contributed by atoms with Crippen LogP contribution in [0.4, 0.5) is 0 Å². The highest BCUT2D eigenvalue weighted by molar-refractivity contribution is 5.80. The fourth-order valence-corrected chi connectivity index (χ4v) is 5.01. The number of piperidine rings is 1. The number of guanidine groups is 1. The minimum Gasteiger partial charge on any atom is -0.354 e. The first-order valence-corrected chi connectivity index (χ1v) is 11.4. The van der Waals surface area contributed by atoms with E-state index in [-0.39, 0.29) is 0 Å². The van der Waals surface area contributed by atoms with Crippen LogP contribution in [-0.2, 0) is 13.6 Å². The number of hydrogen-bond donors (Lipinski definition) is 2. The van der Waals surface area contributed by atoms with E-state index < -0.39 is 0 Å². The van der Waals surface area contributed by atoms with Gasteiger partial charge in [0.2, 0.25) is 0 Å². The summed E-state index contributed by atoms with van der Waals surface area (Å²) in [5.74, 6) is 2.82. The van der Waals surface area contributed by atoms with Crippen LogP contribution in [0.2, 0.25) is 0 Å². The lowest BCUT2D eigenvalue weighted by molar-refractivity contribution is 0.150. The summed E-state index contributed by atoms with van der Waals surface area (Å²) in [6.07, 6.45) is 13.2. The zero-order chi connectivity index (χ0) is 19.3. The van der Waals surface area contributed by atoms with E-state index in [4.69, 9.17) is 4.99 Å². The van der Waals surface area contributed by atoms with Gasteiger partial charge in [0.25, 0.3) is 0 Å². The molecule has 7 nitrogen and oxygen atoms in total. The molecule has 1 aromatic rings. The maximum absolute atomic E-state index is 4.88. The van der Waals surface area contributed by atoms with E-state index in [1.54, 1.807) is 0 Å². The number of hydrogen-bond acceptors (Lipinski definition) is 4. The fourth-order valence-electron chi connectivity index (χ4n) is 5.01. The van der Waals surface area contributed by atoms with Crippen LogP contribution in [0.25, 0.3) is 0 Å². The maximum atomic E-state index is 4.88. The lowest BCUT2D eigenvalue weighted by atomic mass is 10.0. The molecule has 0 spiro atoms. The fraction of sp³-hybridized carbons (Fsp3) is 0.857. The minimum atomic E-state index is 0.520. The zero-order valence-electron chi connectivity index (χ0n) is 17.7. The van der Waals surface area contributed by atoms with Gasteiger partial charge in [-0.1, -0.05) is 25.7 Å². The van der Waals surface area contributed by atoms with E-state index in [0.29, 0.717) is 18.6 Å². The average molecular weight is 388 g/mol. The number of likely N-dealkylation sites (tertiary alicyclic amines) is 1. The summed E-state index contributed by atoms with van der Waals surface area (Å²) in [4.78, 5) is 7.61. The molecule has 1 aromatic heterocycles. The molecular weight excluding hydrogens is 350 g/mol. The second-order valence-corrected chi connectivity index (χ2v) is 8.91. The summed E-state index contributed by atoms with van der Waals surface area (Å²) in [6.45, 7) is 5.00. The molecule has 0 radical (unpaired) electrons. The van der Waals surface area contributed by atoms with E-state index in [1.807, 2.05) is 18.5 Å². The van der Waals surface area contributed by atoms with Crippen LogP contribution < -0.4 is 10.6 Å². The molecule has 0 atom stereocenters. The predicted molar refractivity (Wildman–Crippen MR) is 112 cm³/mol. The summed E-state index contributed by atoms with van der Waals surface area (Å²) < 4.78 is 2.02. The first kappa shape index (κ1) is 19.7. The molecule has 7 heteroatoms. The highest BCUT2D eigenvalue weighted by Gasteiger charge is 2.28. The van der Waals surface area contributed by atoms with E-state index in [0.717, 1.165) is 23.7 Å². The lowest BCUT2D eigenvalue weighted by Gasteiger charge is -2.37. The minimum absolute atomic E-state index is 0.520. The maximum Gasteiger partial charge on any atom is 0.192 e. The Hall–Kier alpha value is -1.63. The van der Waals surface area contributed by atoms with E-state index in [9.17, 15) is 0 Å². The Morgan fingerprint density at radius 2 is 1.54 bits per heavy atom. The third-order valence-electron chi connectivity index (χ3n) is 6.97. The first-order chi connectivity index (χ1) is 13.7. The van der Waals surface area contributed by atoms with Gasteiger partial charge in [-0.05, 0) is 45.4 Å². The smallest absolute Gasteiger partial charge is 0.192 e. The van der Waals surface area contributed by atoms with Crippen molar-refractivity contribution in [2.75, 3.05) is 13.1 Å². The number of nitrogens with one attached hydrogen (secondary N) is 2. The third kappa shape index (κ3) is 4.85. The van der Waals surface area contributed by atoms with Crippen LogP contribution in [-0.4, -0.2) is 56.8 Å². The normalized spacial score (nSPS) is 23.6. The number of rotatable bonds is 5. The van der Waals surface area contributed by atoms with Crippen LogP contribution in [0.5, 0.6) is 0 Å². The Morgan fingerprint density at radius 1 is 0.929 bits per heavy atom. The Kier molecular flexibility index (Phi) is 6.50. The van der Waals surface area contributed by atoms with Crippen molar-refractivity contribution in [3.63, 3.8) is 0 Å². The van der Waals surface area contributed by atoms with Gasteiger partial charge in [0, 0.05) is 38.3 Å². The second-order valence-electron chi connectivity index (χ2n) is 8.91. The Labute approximate surface area is 169 Å². The molecule has 2 N–H and O–H groups in total. The number of aliphatic imine (C=N–C) groups is 1. The molecule has 3 aliphatic rings. The van der Waals surface area contributed by atoms with Crippen molar-refractivity contribution in [2.45, 2.75) is 95.8 Å². The largest absolute Gasteiger partial charge is 0.354 e. The molecule has 4 rings (SSSR count). The monoisotopic (exact) mass is 387 g/mol. The summed E-state index contributed by atoms with van der Waals surface area (Å²) in [5.41, 5.74) is 0. The SMILES string of the molecule is Cc1nnc(CN=C(NC2CCCC2)NC2CCN(C3CCCC3)CC2)n1C. The Bertz CT molecular complexity index is 648. The van der Waals surface area contributed by atoms with Crippen molar-refractivity contribution in [3.05, 3.63) is 11.6 Å². The number of nitrogens with zero attached hydrogens (tertiary/aromatic N) is 5. The average Bonchev–Trinajstić information content (AvgIpc) is 3.46. The molecule has 2 heterocycles. The van der Waals surface area contributed by atoms with E-state index >= 15 is 0 Å². The van der Waals surface area contributed by atoms with Crippen molar-refractivity contribution in [2.24, 2.45) is 12.0 Å². The number of aromatic nitrogens is 3. The van der Waals surface area contributed by atoms with Gasteiger partial charge in [0.1, 0.15) is 12.4 Å². The Balaban J connectivity index is 1.34. The van der Waals surface area contributed by atoms with Crippen molar-refractivity contribution in [1.29, 1.82) is 0 Å². The van der Waals surface area contributed by atoms with E-state index in [1.165, 1.54) is 77.3 Å².